The predicted molar refractivity (Wildman–Crippen MR) is 122 cm³/mol. The van der Waals surface area contributed by atoms with Crippen molar-refractivity contribution in [2.24, 2.45) is 0 Å². The van der Waals surface area contributed by atoms with Gasteiger partial charge in [0.2, 0.25) is 11.8 Å². The molecule has 0 radical (unpaired) electrons. The van der Waals surface area contributed by atoms with Crippen molar-refractivity contribution in [1.82, 2.24) is 19.5 Å². The molecule has 0 atom stereocenters. The second-order valence-corrected chi connectivity index (χ2v) is 7.76. The van der Waals surface area contributed by atoms with Crippen LogP contribution in [0.1, 0.15) is 37.4 Å². The number of nitrogens with zero attached hydrogens (tertiary/aromatic N) is 4. The van der Waals surface area contributed by atoms with Crippen LogP contribution in [0.2, 0.25) is 0 Å². The minimum Gasteiger partial charge on any atom is -0.481 e. The highest BCUT2D eigenvalue weighted by Gasteiger charge is 2.27. The Morgan fingerprint density at radius 3 is 2.69 bits per heavy atom. The molecule has 1 saturated carbocycles. The number of anilines is 1. The van der Waals surface area contributed by atoms with Crippen molar-refractivity contribution in [3.05, 3.63) is 47.0 Å². The first-order valence-electron chi connectivity index (χ1n) is 10.6. The van der Waals surface area contributed by atoms with Crippen LogP contribution in [-0.4, -0.2) is 51.1 Å². The summed E-state index contributed by atoms with van der Waals surface area (Å²) in [5.41, 5.74) is 8.06. The van der Waals surface area contributed by atoms with Crippen LogP contribution in [0.3, 0.4) is 0 Å². The van der Waals surface area contributed by atoms with Crippen LogP contribution >= 0.6 is 0 Å². The van der Waals surface area contributed by atoms with E-state index in [0.29, 0.717) is 40.3 Å². The van der Waals surface area contributed by atoms with Gasteiger partial charge < -0.3 is 20.3 Å². The minimum absolute atomic E-state index is 0.00247. The van der Waals surface area contributed by atoms with Crippen LogP contribution in [-0.2, 0) is 4.74 Å². The van der Waals surface area contributed by atoms with E-state index in [9.17, 15) is 4.79 Å². The van der Waals surface area contributed by atoms with Crippen LogP contribution in [0.5, 0.6) is 5.88 Å². The van der Waals surface area contributed by atoms with Crippen molar-refractivity contribution in [1.29, 1.82) is 0 Å². The van der Waals surface area contributed by atoms with Crippen LogP contribution in [0.25, 0.3) is 28.2 Å². The van der Waals surface area contributed by atoms with Gasteiger partial charge in [0.1, 0.15) is 5.65 Å². The van der Waals surface area contributed by atoms with E-state index in [1.54, 1.807) is 36.1 Å². The van der Waals surface area contributed by atoms with Gasteiger partial charge in [-0.1, -0.05) is 6.58 Å². The topological polar surface area (TPSA) is 125 Å². The molecule has 0 bridgehead atoms. The molecule has 1 fully saturated rings. The standard InChI is InChI=1S/C23H27N5O4/c1-3-19-18-12-17(14-4-9-20(31-2)25-13-14)22(30)28(21(18)27-23(24)26-19)15-5-7-16(8-6-15)32-11-10-29/h3-4,9,12-13,15-16,29H,1,5-8,10-11H2,2H3,(H2,24,26,27). The third-order valence-electron chi connectivity index (χ3n) is 5.84. The summed E-state index contributed by atoms with van der Waals surface area (Å²) in [5.74, 6) is 0.568. The van der Waals surface area contributed by atoms with Gasteiger partial charge in [0.15, 0.2) is 0 Å². The van der Waals surface area contributed by atoms with E-state index < -0.39 is 0 Å². The minimum atomic E-state index is -0.155. The van der Waals surface area contributed by atoms with Gasteiger partial charge in [-0.3, -0.25) is 9.36 Å². The molecule has 0 spiro atoms. The highest BCUT2D eigenvalue weighted by molar-refractivity contribution is 5.88. The second kappa shape index (κ2) is 9.46. The normalized spacial score (nSPS) is 18.6. The number of fused-ring (bicyclic) bond motifs is 1. The maximum Gasteiger partial charge on any atom is 0.260 e. The fourth-order valence-corrected chi connectivity index (χ4v) is 4.30. The summed E-state index contributed by atoms with van der Waals surface area (Å²) in [5, 5.41) is 9.72. The Kier molecular flexibility index (Phi) is 6.48. The zero-order chi connectivity index (χ0) is 22.7. The number of pyridine rings is 2. The van der Waals surface area contributed by atoms with Gasteiger partial charge in [0, 0.05) is 34.8 Å². The Morgan fingerprint density at radius 1 is 1.28 bits per heavy atom. The highest BCUT2D eigenvalue weighted by atomic mass is 16.5. The van der Waals surface area contributed by atoms with Crippen LogP contribution in [0, 0.1) is 0 Å². The summed E-state index contributed by atoms with van der Waals surface area (Å²) >= 11 is 0. The van der Waals surface area contributed by atoms with Gasteiger partial charge in [-0.2, -0.15) is 4.98 Å². The Balaban J connectivity index is 1.84. The molecule has 0 aliphatic heterocycles. The molecule has 0 saturated heterocycles. The van der Waals surface area contributed by atoms with E-state index in [0.717, 1.165) is 25.7 Å². The molecule has 4 rings (SSSR count). The fourth-order valence-electron chi connectivity index (χ4n) is 4.30. The lowest BCUT2D eigenvalue weighted by atomic mass is 9.92. The molecule has 0 amide bonds. The maximum atomic E-state index is 13.7. The Hall–Kier alpha value is -3.30. The Bertz CT molecular complexity index is 1170. The van der Waals surface area contributed by atoms with Gasteiger partial charge in [-0.05, 0) is 43.9 Å². The van der Waals surface area contributed by atoms with Gasteiger partial charge >= 0.3 is 0 Å². The van der Waals surface area contributed by atoms with Gasteiger partial charge in [-0.15, -0.1) is 0 Å². The summed E-state index contributed by atoms with van der Waals surface area (Å²) in [6.45, 7) is 4.18. The summed E-state index contributed by atoms with van der Waals surface area (Å²) < 4.78 is 12.6. The number of hydrogen-bond donors (Lipinski definition) is 2. The second-order valence-electron chi connectivity index (χ2n) is 7.76. The maximum absolute atomic E-state index is 13.7. The van der Waals surface area contributed by atoms with Gasteiger partial charge in [-0.25, -0.2) is 9.97 Å². The number of aliphatic hydroxyl groups excluding tert-OH is 1. The molecule has 3 aromatic rings. The number of rotatable bonds is 7. The van der Waals surface area contributed by atoms with Crippen molar-refractivity contribution >= 4 is 23.1 Å². The number of hydrogen-bond acceptors (Lipinski definition) is 8. The SMILES string of the molecule is C=Cc1nc(N)nc2c1cc(-c1ccc(OC)nc1)c(=O)n2C1CCC(OCCO)CC1. The third-order valence-corrected chi connectivity index (χ3v) is 5.84. The van der Waals surface area contributed by atoms with Crippen LogP contribution in [0.15, 0.2) is 35.8 Å². The van der Waals surface area contributed by atoms with Crippen molar-refractivity contribution in [2.75, 3.05) is 26.1 Å². The number of nitrogen functional groups attached to an aromatic ring is 1. The molecule has 3 aromatic heterocycles. The van der Waals surface area contributed by atoms with Gasteiger partial charge in [0.25, 0.3) is 5.56 Å². The molecule has 1 aliphatic rings. The quantitative estimate of drug-likeness (QED) is 0.578. The molecule has 1 aliphatic carbocycles. The zero-order valence-corrected chi connectivity index (χ0v) is 18.0. The van der Waals surface area contributed by atoms with Crippen LogP contribution in [0.4, 0.5) is 5.95 Å². The third kappa shape index (κ3) is 4.21. The van der Waals surface area contributed by atoms with Gasteiger partial charge in [0.05, 0.1) is 32.1 Å². The van der Waals surface area contributed by atoms with E-state index >= 15 is 0 Å². The van der Waals surface area contributed by atoms with E-state index in [4.69, 9.17) is 20.3 Å². The van der Waals surface area contributed by atoms with E-state index in [1.165, 1.54) is 0 Å². The monoisotopic (exact) mass is 437 g/mol. The summed E-state index contributed by atoms with van der Waals surface area (Å²) in [6.07, 6.45) is 6.41. The molecule has 3 heterocycles. The zero-order valence-electron chi connectivity index (χ0n) is 18.0. The lowest BCUT2D eigenvalue weighted by Gasteiger charge is -2.30. The first-order chi connectivity index (χ1) is 15.5. The molecule has 0 unspecified atom stereocenters. The summed E-state index contributed by atoms with van der Waals surface area (Å²) in [4.78, 5) is 26.7. The summed E-state index contributed by atoms with van der Waals surface area (Å²) in [7, 11) is 1.55. The molecule has 9 heteroatoms. The summed E-state index contributed by atoms with van der Waals surface area (Å²) in [6, 6.07) is 5.26. The lowest BCUT2D eigenvalue weighted by Crippen LogP contribution is -2.32. The van der Waals surface area contributed by atoms with E-state index in [2.05, 4.69) is 21.5 Å². The molecule has 3 N–H and O–H groups in total. The average Bonchev–Trinajstić information content (AvgIpc) is 2.82. The Labute approximate surface area is 185 Å². The molecule has 32 heavy (non-hydrogen) atoms. The number of methoxy groups -OCH3 is 1. The average molecular weight is 438 g/mol. The van der Waals surface area contributed by atoms with Crippen LogP contribution < -0.4 is 16.0 Å². The first kappa shape index (κ1) is 21.9. The smallest absolute Gasteiger partial charge is 0.260 e. The fraction of sp³-hybridized carbons (Fsp3) is 0.391. The largest absolute Gasteiger partial charge is 0.481 e. The van der Waals surface area contributed by atoms with E-state index in [1.807, 2.05) is 6.07 Å². The predicted octanol–water partition coefficient (Wildman–Crippen LogP) is 2.58. The molecule has 9 nitrogen and oxygen atoms in total. The Morgan fingerprint density at radius 2 is 2.06 bits per heavy atom. The van der Waals surface area contributed by atoms with Crippen molar-refractivity contribution in [2.45, 2.75) is 37.8 Å². The van der Waals surface area contributed by atoms with Crippen molar-refractivity contribution in [3.8, 4) is 17.0 Å². The van der Waals surface area contributed by atoms with Crippen molar-refractivity contribution < 1.29 is 14.6 Å². The number of nitrogens with two attached hydrogens (primary N) is 1. The number of ether oxygens (including phenoxy) is 2. The van der Waals surface area contributed by atoms with Crippen molar-refractivity contribution in [3.63, 3.8) is 0 Å². The number of aliphatic hydroxyl groups is 1. The molecule has 0 aromatic carbocycles. The van der Waals surface area contributed by atoms with E-state index in [-0.39, 0.29) is 30.3 Å². The molecular formula is C23H27N5O4. The lowest BCUT2D eigenvalue weighted by molar-refractivity contribution is 0.00169. The molecular weight excluding hydrogens is 410 g/mol. The molecule has 168 valence electrons. The number of aromatic nitrogens is 4. The highest BCUT2D eigenvalue weighted by Crippen LogP contribution is 2.33. The first-order valence-corrected chi connectivity index (χ1v) is 10.6.